The summed E-state index contributed by atoms with van der Waals surface area (Å²) in [5, 5.41) is 21.8. The van der Waals surface area contributed by atoms with Crippen LogP contribution < -0.4 is 5.32 Å². The van der Waals surface area contributed by atoms with Crippen molar-refractivity contribution in [2.45, 2.75) is 6.04 Å². The summed E-state index contributed by atoms with van der Waals surface area (Å²) >= 11 is 0. The number of carbonyl (C=O) groups excluding carboxylic acids is 1. The Hall–Kier alpha value is -3.17. The monoisotopic (exact) mass is 383 g/mol. The van der Waals surface area contributed by atoms with Crippen LogP contribution in [0.4, 0.5) is 10.2 Å². The van der Waals surface area contributed by atoms with Gasteiger partial charge in [-0.25, -0.2) is 19.3 Å². The number of anilines is 1. The number of fused-ring (bicyclic) bond motifs is 1. The third kappa shape index (κ3) is 2.85. The molecule has 3 aromatic rings. The first-order chi connectivity index (χ1) is 13.7. The first-order valence-corrected chi connectivity index (χ1v) is 8.75. The van der Waals surface area contributed by atoms with Crippen molar-refractivity contribution in [2.75, 3.05) is 18.5 Å². The smallest absolute Gasteiger partial charge is 0.256 e. The van der Waals surface area contributed by atoms with Gasteiger partial charge in [0.15, 0.2) is 17.0 Å². The number of halogens is 1. The zero-order chi connectivity index (χ0) is 19.7. The third-order valence-electron chi connectivity index (χ3n) is 5.15. The number of aromatic nitrogens is 4. The summed E-state index contributed by atoms with van der Waals surface area (Å²) in [7, 11) is 0. The van der Waals surface area contributed by atoms with Crippen molar-refractivity contribution in [2.24, 2.45) is 11.8 Å². The lowest BCUT2D eigenvalue weighted by molar-refractivity contribution is 0.0510. The van der Waals surface area contributed by atoms with Gasteiger partial charge in [0.05, 0.1) is 25.3 Å². The van der Waals surface area contributed by atoms with Crippen molar-refractivity contribution in [1.82, 2.24) is 19.5 Å². The lowest BCUT2D eigenvalue weighted by Crippen LogP contribution is -2.45. The second kappa shape index (κ2) is 7.45. The topological polar surface area (TPSA) is 113 Å². The standard InChI is InChI=1S/C19H18FN5O3/c20-6-12-13(7-26)14(8-27)16(12)25-10-23-15-17(21-9-22-18(15)25)24-19(28)11-4-2-1-3-5-11/h1-6,9-10,13-14,16,26-27H,7-8H2,(H,21,22,24,28)/b12-6-/t13-,14+,16+/m1/s1. The van der Waals surface area contributed by atoms with Crippen molar-refractivity contribution in [1.29, 1.82) is 0 Å². The molecule has 0 radical (unpaired) electrons. The molecule has 4 rings (SSSR count). The molecule has 144 valence electrons. The fourth-order valence-corrected chi connectivity index (χ4v) is 3.71. The minimum absolute atomic E-state index is 0.213. The maximum Gasteiger partial charge on any atom is 0.256 e. The van der Waals surface area contributed by atoms with E-state index in [0.29, 0.717) is 28.6 Å². The molecule has 0 unspecified atom stereocenters. The first-order valence-electron chi connectivity index (χ1n) is 8.75. The van der Waals surface area contributed by atoms with Gasteiger partial charge in [-0.2, -0.15) is 0 Å². The molecule has 8 nitrogen and oxygen atoms in total. The quantitative estimate of drug-likeness (QED) is 0.618. The Morgan fingerprint density at radius 3 is 2.64 bits per heavy atom. The molecule has 2 aromatic heterocycles. The van der Waals surface area contributed by atoms with E-state index in [0.717, 1.165) is 0 Å². The SMILES string of the molecule is O=C(Nc1ncnc2c1ncn2[C@H]1/C(=C\F)[C@@H](CO)[C@@H]1CO)c1ccccc1. The van der Waals surface area contributed by atoms with Crippen LogP contribution in [0.15, 0.2) is 54.9 Å². The van der Waals surface area contributed by atoms with E-state index in [2.05, 4.69) is 20.3 Å². The molecule has 28 heavy (non-hydrogen) atoms. The number of aliphatic hydroxyl groups is 2. The average Bonchev–Trinajstić information content (AvgIpc) is 3.13. The van der Waals surface area contributed by atoms with E-state index >= 15 is 0 Å². The lowest BCUT2D eigenvalue weighted by Gasteiger charge is -2.45. The van der Waals surface area contributed by atoms with Crippen molar-refractivity contribution < 1.29 is 19.4 Å². The minimum Gasteiger partial charge on any atom is -0.396 e. The molecule has 0 spiro atoms. The van der Waals surface area contributed by atoms with Crippen LogP contribution in [0.1, 0.15) is 16.4 Å². The maximum atomic E-state index is 13.4. The zero-order valence-corrected chi connectivity index (χ0v) is 14.7. The Labute approximate surface area is 159 Å². The van der Waals surface area contributed by atoms with E-state index in [1.807, 2.05) is 6.07 Å². The van der Waals surface area contributed by atoms with Crippen LogP contribution in [0.25, 0.3) is 11.2 Å². The van der Waals surface area contributed by atoms with E-state index in [4.69, 9.17) is 0 Å². The summed E-state index contributed by atoms with van der Waals surface area (Å²) in [6, 6.07) is 8.18. The van der Waals surface area contributed by atoms with Crippen LogP contribution in [0.5, 0.6) is 0 Å². The highest BCUT2D eigenvalue weighted by molar-refractivity contribution is 6.06. The maximum absolute atomic E-state index is 13.4. The van der Waals surface area contributed by atoms with Crippen LogP contribution >= 0.6 is 0 Å². The van der Waals surface area contributed by atoms with Crippen molar-refractivity contribution in [3.63, 3.8) is 0 Å². The Morgan fingerprint density at radius 2 is 1.96 bits per heavy atom. The van der Waals surface area contributed by atoms with Crippen LogP contribution in [0.3, 0.4) is 0 Å². The number of nitrogens with one attached hydrogen (secondary N) is 1. The van der Waals surface area contributed by atoms with Gasteiger partial charge in [0.1, 0.15) is 6.33 Å². The molecule has 3 atom stereocenters. The number of nitrogens with zero attached hydrogens (tertiary/aromatic N) is 4. The number of hydrogen-bond acceptors (Lipinski definition) is 6. The van der Waals surface area contributed by atoms with Crippen molar-refractivity contribution in [3.8, 4) is 0 Å². The predicted molar refractivity (Wildman–Crippen MR) is 99.1 cm³/mol. The molecule has 0 saturated heterocycles. The zero-order valence-electron chi connectivity index (χ0n) is 14.7. The van der Waals surface area contributed by atoms with Crippen LogP contribution in [-0.2, 0) is 0 Å². The fourth-order valence-electron chi connectivity index (χ4n) is 3.71. The largest absolute Gasteiger partial charge is 0.396 e. The van der Waals surface area contributed by atoms with E-state index in [1.54, 1.807) is 28.8 Å². The Kier molecular flexibility index (Phi) is 4.84. The van der Waals surface area contributed by atoms with Gasteiger partial charge < -0.3 is 20.1 Å². The molecule has 3 N–H and O–H groups in total. The van der Waals surface area contributed by atoms with Gasteiger partial charge in [-0.3, -0.25) is 4.79 Å². The van der Waals surface area contributed by atoms with Crippen molar-refractivity contribution >= 4 is 22.9 Å². The third-order valence-corrected chi connectivity index (χ3v) is 5.15. The average molecular weight is 383 g/mol. The van der Waals surface area contributed by atoms with Crippen LogP contribution in [0.2, 0.25) is 0 Å². The molecular formula is C19H18FN5O3. The summed E-state index contributed by atoms with van der Waals surface area (Å²) in [5.74, 6) is -0.906. The number of amides is 1. The summed E-state index contributed by atoms with van der Waals surface area (Å²) in [6.07, 6.45) is 3.22. The fraction of sp³-hybridized carbons (Fsp3) is 0.263. The molecule has 1 aliphatic rings. The Balaban J connectivity index is 1.69. The van der Waals surface area contributed by atoms with Crippen LogP contribution in [-0.4, -0.2) is 48.9 Å². The number of benzene rings is 1. The number of carbonyl (C=O) groups is 1. The highest BCUT2D eigenvalue weighted by Gasteiger charge is 2.47. The van der Waals surface area contributed by atoms with Gasteiger partial charge >= 0.3 is 0 Å². The molecule has 1 aromatic carbocycles. The molecule has 1 saturated carbocycles. The number of imidazole rings is 1. The minimum atomic E-state index is -0.510. The van der Waals surface area contributed by atoms with E-state index in [-0.39, 0.29) is 30.9 Å². The van der Waals surface area contributed by atoms with E-state index in [1.165, 1.54) is 12.7 Å². The molecule has 9 heteroatoms. The second-order valence-corrected chi connectivity index (χ2v) is 6.56. The highest BCUT2D eigenvalue weighted by Crippen LogP contribution is 2.49. The normalized spacial score (nSPS) is 23.0. The molecule has 0 bridgehead atoms. The molecule has 0 aliphatic heterocycles. The van der Waals surface area contributed by atoms with E-state index < -0.39 is 12.0 Å². The van der Waals surface area contributed by atoms with Gasteiger partial charge in [-0.15, -0.1) is 0 Å². The number of aliphatic hydroxyl groups excluding tert-OH is 2. The van der Waals surface area contributed by atoms with Gasteiger partial charge in [0.2, 0.25) is 0 Å². The first kappa shape index (κ1) is 18.2. The summed E-state index contributed by atoms with van der Waals surface area (Å²) in [4.78, 5) is 25.0. The van der Waals surface area contributed by atoms with Gasteiger partial charge in [-0.05, 0) is 17.7 Å². The molecule has 2 heterocycles. The highest BCUT2D eigenvalue weighted by atomic mass is 19.1. The van der Waals surface area contributed by atoms with Gasteiger partial charge in [-0.1, -0.05) is 18.2 Å². The molecule has 1 fully saturated rings. The van der Waals surface area contributed by atoms with E-state index in [9.17, 15) is 19.4 Å². The van der Waals surface area contributed by atoms with Crippen LogP contribution in [0, 0.1) is 11.8 Å². The summed E-state index contributed by atoms with van der Waals surface area (Å²) < 4.78 is 15.0. The van der Waals surface area contributed by atoms with Crippen molar-refractivity contribution in [3.05, 3.63) is 60.5 Å². The summed E-state index contributed by atoms with van der Waals surface area (Å²) in [6.45, 7) is -0.465. The summed E-state index contributed by atoms with van der Waals surface area (Å²) in [5.41, 5.74) is 1.60. The second-order valence-electron chi connectivity index (χ2n) is 6.56. The number of rotatable bonds is 5. The molecular weight excluding hydrogens is 365 g/mol. The number of hydrogen-bond donors (Lipinski definition) is 3. The lowest BCUT2D eigenvalue weighted by atomic mass is 9.66. The Morgan fingerprint density at radius 1 is 1.18 bits per heavy atom. The van der Waals surface area contributed by atoms with Gasteiger partial charge in [0.25, 0.3) is 5.91 Å². The molecule has 1 aliphatic carbocycles. The predicted octanol–water partition coefficient (Wildman–Crippen LogP) is 1.70. The Bertz CT molecular complexity index is 1040. The molecule has 1 amide bonds. The van der Waals surface area contributed by atoms with Gasteiger partial charge in [0, 0.05) is 24.0 Å².